The molecule has 0 rings (SSSR count). The maximum Gasteiger partial charge on any atom is 1.00 e. The Balaban J connectivity index is -0.0000000233. The van der Waals surface area contributed by atoms with E-state index < -0.39 is 8.85 Å². The van der Waals surface area contributed by atoms with E-state index in [0.717, 1.165) is 0 Å². The fourth-order valence-corrected chi connectivity index (χ4v) is 0. The summed E-state index contributed by atoms with van der Waals surface area (Å²) in [5.74, 6) is 0. The molecule has 0 aromatic heterocycles. The molecule has 0 aromatic rings. The molecular formula is H3BF3KO3P. The predicted molar refractivity (Wildman–Crippen MR) is 21.8 cm³/mol. The molecule has 0 spiro atoms. The van der Waals surface area contributed by atoms with Gasteiger partial charge in [-0.3, -0.25) is 0 Å². The van der Waals surface area contributed by atoms with Gasteiger partial charge in [-0.2, -0.15) is 12.6 Å². The molecule has 0 heterocycles. The van der Waals surface area contributed by atoms with Gasteiger partial charge < -0.3 is 15.5 Å². The number of hydrogen-bond donors (Lipinski definition) is 1. The first-order valence-corrected chi connectivity index (χ1v) is 2.02. The Hall–Kier alpha value is 1.80. The first kappa shape index (κ1) is 22.4. The van der Waals surface area contributed by atoms with E-state index in [0.29, 0.717) is 0 Å². The number of hydrogen-bond acceptors (Lipinski definition) is 2. The van der Waals surface area contributed by atoms with Crippen LogP contribution in [0.25, 0.3) is 0 Å². The molecule has 9 heavy (non-hydrogen) atoms. The van der Waals surface area contributed by atoms with Crippen molar-refractivity contribution < 1.29 is 79.5 Å². The Morgan fingerprint density at radius 1 is 1.33 bits per heavy atom. The summed E-state index contributed by atoms with van der Waals surface area (Å²) >= 11 is 0. The van der Waals surface area contributed by atoms with Crippen LogP contribution in [0.4, 0.5) is 12.6 Å². The van der Waals surface area contributed by atoms with Gasteiger partial charge in [0.15, 0.2) is 7.69 Å². The maximum atomic E-state index is 9.73. The van der Waals surface area contributed by atoms with Gasteiger partial charge in [0.2, 0.25) is 0 Å². The second-order valence-corrected chi connectivity index (χ2v) is 0.680. The summed E-state index contributed by atoms with van der Waals surface area (Å²) in [6.45, 7) is 0. The van der Waals surface area contributed by atoms with Crippen molar-refractivity contribution in [1.82, 2.24) is 0 Å². The minimum atomic E-state index is -4.12. The number of halogens is 3. The van der Waals surface area contributed by atoms with Crippen LogP contribution in [0.1, 0.15) is 0 Å². The van der Waals surface area contributed by atoms with Gasteiger partial charge in [0.1, 0.15) is 0 Å². The van der Waals surface area contributed by atoms with Crippen molar-refractivity contribution in [3.05, 3.63) is 0 Å². The van der Waals surface area contributed by atoms with E-state index in [2.05, 4.69) is 0 Å². The molecule has 3 N–H and O–H groups in total. The summed E-state index contributed by atoms with van der Waals surface area (Å²) in [4.78, 5) is 0. The third-order valence-electron chi connectivity index (χ3n) is 0. The van der Waals surface area contributed by atoms with Crippen molar-refractivity contribution in [3.8, 4) is 0 Å². The second kappa shape index (κ2) is 22.6. The van der Waals surface area contributed by atoms with Gasteiger partial charge in [-0.15, -0.1) is 0 Å². The van der Waals surface area contributed by atoms with Crippen molar-refractivity contribution in [1.29, 1.82) is 0 Å². The van der Waals surface area contributed by atoms with Crippen molar-refractivity contribution in [3.63, 3.8) is 0 Å². The SMILES string of the molecule is FP(F)F.O.[K+].[O-][B]O. The summed E-state index contributed by atoms with van der Waals surface area (Å²) in [6, 6.07) is 0. The molecule has 3 nitrogen and oxygen atoms in total. The van der Waals surface area contributed by atoms with E-state index in [1.165, 1.54) is 0 Å². The molecule has 0 bridgehead atoms. The summed E-state index contributed by atoms with van der Waals surface area (Å²) in [6.07, 6.45) is 0. The Bertz CT molecular complexity index is 30.3. The van der Waals surface area contributed by atoms with Crippen LogP contribution in [0.5, 0.6) is 0 Å². The van der Waals surface area contributed by atoms with Crippen LogP contribution >= 0.6 is 8.85 Å². The minimum Gasteiger partial charge on any atom is -0.861 e. The molecule has 0 aliphatic heterocycles. The van der Waals surface area contributed by atoms with E-state index in [-0.39, 0.29) is 64.5 Å². The van der Waals surface area contributed by atoms with Crippen LogP contribution in [0, 0.1) is 0 Å². The largest absolute Gasteiger partial charge is 1.00 e. The zero-order valence-electron chi connectivity index (χ0n) is 4.51. The van der Waals surface area contributed by atoms with Crippen LogP contribution < -0.4 is 56.4 Å². The van der Waals surface area contributed by atoms with Gasteiger partial charge in [-0.05, 0) is 0 Å². The topological polar surface area (TPSA) is 74.8 Å². The first-order chi connectivity index (χ1) is 3.15. The molecule has 0 saturated carbocycles. The standard InChI is InChI=1S/BHO2.F3P.K.H2O/c2-1-3;1-4(2)3;;/h2H;;;1H2/q-1;;+1;. The quantitative estimate of drug-likeness (QED) is 0.313. The van der Waals surface area contributed by atoms with Crippen molar-refractivity contribution in [2.24, 2.45) is 0 Å². The molecule has 0 unspecified atom stereocenters. The monoisotopic (exact) mass is 189 g/mol. The van der Waals surface area contributed by atoms with Gasteiger partial charge >= 0.3 is 60.2 Å². The first-order valence-electron chi connectivity index (χ1n) is 1.00. The smallest absolute Gasteiger partial charge is 0.861 e. The molecule has 0 atom stereocenters. The van der Waals surface area contributed by atoms with Crippen LogP contribution in [-0.4, -0.2) is 18.2 Å². The number of rotatable bonds is 0. The third-order valence-corrected chi connectivity index (χ3v) is 0. The maximum absolute atomic E-state index is 9.73. The molecule has 51 valence electrons. The van der Waals surface area contributed by atoms with Crippen LogP contribution in [-0.2, 0) is 0 Å². The van der Waals surface area contributed by atoms with Gasteiger partial charge in [-0.25, -0.2) is 0 Å². The average molecular weight is 189 g/mol. The zero-order valence-corrected chi connectivity index (χ0v) is 8.53. The Kier molecular flexibility index (Phi) is 56.2. The average Bonchev–Trinajstić information content (AvgIpc) is 1.33. The van der Waals surface area contributed by atoms with E-state index in [4.69, 9.17) is 10.0 Å². The zero-order chi connectivity index (χ0) is 6.28. The minimum absolute atomic E-state index is 0. The van der Waals surface area contributed by atoms with E-state index in [1.54, 1.807) is 0 Å². The summed E-state index contributed by atoms with van der Waals surface area (Å²) in [7, 11) is -4.37. The normalized spacial score (nSPS) is 5.56. The predicted octanol–water partition coefficient (Wildman–Crippen LogP) is -3.83. The Morgan fingerprint density at radius 3 is 1.33 bits per heavy atom. The molecule has 0 aliphatic carbocycles. The molecule has 0 amide bonds. The second-order valence-electron chi connectivity index (χ2n) is 0.297. The fraction of sp³-hybridized carbons (Fsp3) is 0. The van der Waals surface area contributed by atoms with Gasteiger partial charge in [0.05, 0.1) is 0 Å². The van der Waals surface area contributed by atoms with Gasteiger partial charge in [0, 0.05) is 0 Å². The van der Waals surface area contributed by atoms with Gasteiger partial charge in [-0.1, -0.05) is 0 Å². The van der Waals surface area contributed by atoms with Crippen molar-refractivity contribution in [2.45, 2.75) is 0 Å². The summed E-state index contributed by atoms with van der Waals surface area (Å²) in [5.41, 5.74) is 0. The molecular weight excluding hydrogens is 186 g/mol. The third kappa shape index (κ3) is 184. The van der Waals surface area contributed by atoms with Crippen LogP contribution in [0.2, 0.25) is 0 Å². The van der Waals surface area contributed by atoms with Crippen LogP contribution in [0.3, 0.4) is 0 Å². The fourth-order valence-electron chi connectivity index (χ4n) is 0. The summed E-state index contributed by atoms with van der Waals surface area (Å²) in [5, 5.41) is 15.2. The molecule has 0 saturated heterocycles. The molecule has 0 aliphatic rings. The van der Waals surface area contributed by atoms with Crippen molar-refractivity contribution in [2.75, 3.05) is 0 Å². The Morgan fingerprint density at radius 2 is 1.33 bits per heavy atom. The molecule has 0 aromatic carbocycles. The Labute approximate surface area is 94.8 Å². The van der Waals surface area contributed by atoms with Gasteiger partial charge in [0.25, 0.3) is 0 Å². The molecule has 9 heteroatoms. The van der Waals surface area contributed by atoms with E-state index in [9.17, 15) is 12.6 Å². The van der Waals surface area contributed by atoms with Crippen molar-refractivity contribution >= 4 is 16.5 Å². The van der Waals surface area contributed by atoms with E-state index >= 15 is 0 Å². The van der Waals surface area contributed by atoms with E-state index in [1.807, 2.05) is 0 Å². The van der Waals surface area contributed by atoms with Crippen LogP contribution in [0.15, 0.2) is 0 Å². The molecule has 0 fully saturated rings. The molecule has 1 radical (unpaired) electrons. The summed E-state index contributed by atoms with van der Waals surface area (Å²) < 4.78 is 29.2.